The van der Waals surface area contributed by atoms with Gasteiger partial charge in [0.2, 0.25) is 0 Å². The van der Waals surface area contributed by atoms with Crippen molar-refractivity contribution in [2.45, 2.75) is 6.42 Å². The predicted molar refractivity (Wildman–Crippen MR) is 52.4 cm³/mol. The quantitative estimate of drug-likeness (QED) is 0.595. The van der Waals surface area contributed by atoms with Gasteiger partial charge in [-0.15, -0.1) is 0 Å². The molecule has 0 aromatic heterocycles. The Bertz CT molecular complexity index is 391. The van der Waals surface area contributed by atoms with Crippen molar-refractivity contribution in [1.82, 2.24) is 0 Å². The normalized spacial score (nSPS) is 14.3. The van der Waals surface area contributed by atoms with Crippen molar-refractivity contribution in [3.8, 4) is 0 Å². The zero-order chi connectivity index (χ0) is 9.10. The minimum Gasteiger partial charge on any atom is -0.296 e. The first-order valence-corrected chi connectivity index (χ1v) is 4.18. The third-order valence-corrected chi connectivity index (χ3v) is 1.99. The predicted octanol–water partition coefficient (Wildman–Crippen LogP) is 2.07. The average Bonchev–Trinajstić information content (AvgIpc) is 2.38. The molecule has 0 radical (unpaired) electrons. The van der Waals surface area contributed by atoms with Crippen LogP contribution in [-0.2, 0) is 11.2 Å². The van der Waals surface area contributed by atoms with Crippen LogP contribution in [0.15, 0.2) is 41.4 Å². The maximum atomic E-state index is 10.5. The summed E-state index contributed by atoms with van der Waals surface area (Å²) in [5.41, 5.74) is 2.55. The number of fused-ring (bicyclic) bond motifs is 1. The van der Waals surface area contributed by atoms with E-state index in [0.717, 1.165) is 24.0 Å². The van der Waals surface area contributed by atoms with Crippen LogP contribution in [0.3, 0.4) is 0 Å². The summed E-state index contributed by atoms with van der Waals surface area (Å²) in [5.74, 6) is 0. The van der Waals surface area contributed by atoms with Gasteiger partial charge in [0.1, 0.15) is 5.71 Å². The number of aldehydes is 1. The first kappa shape index (κ1) is 7.92. The van der Waals surface area contributed by atoms with Gasteiger partial charge in [-0.25, -0.2) is 4.99 Å². The highest BCUT2D eigenvalue weighted by atomic mass is 16.1. The monoisotopic (exact) mass is 171 g/mol. The van der Waals surface area contributed by atoms with E-state index in [2.05, 4.69) is 4.99 Å². The number of carbonyl (C=O) groups excluding carboxylic acids is 1. The van der Waals surface area contributed by atoms with Crippen molar-refractivity contribution >= 4 is 17.7 Å². The van der Waals surface area contributed by atoms with E-state index >= 15 is 0 Å². The summed E-state index contributed by atoms with van der Waals surface area (Å²) < 4.78 is 0. The van der Waals surface area contributed by atoms with Crippen LogP contribution < -0.4 is 0 Å². The topological polar surface area (TPSA) is 29.4 Å². The summed E-state index contributed by atoms with van der Waals surface area (Å²) in [5, 5.41) is 0. The van der Waals surface area contributed by atoms with E-state index in [1.807, 2.05) is 30.3 Å². The van der Waals surface area contributed by atoms with Gasteiger partial charge in [0.05, 0.1) is 5.69 Å². The highest BCUT2D eigenvalue weighted by molar-refractivity contribution is 6.34. The second kappa shape index (κ2) is 3.35. The highest BCUT2D eigenvalue weighted by Crippen LogP contribution is 2.21. The Balaban J connectivity index is 2.53. The molecule has 1 aromatic rings. The molecule has 0 bridgehead atoms. The van der Waals surface area contributed by atoms with Crippen LogP contribution in [0, 0.1) is 0 Å². The maximum Gasteiger partial charge on any atom is 0.168 e. The van der Waals surface area contributed by atoms with Crippen molar-refractivity contribution in [2.24, 2.45) is 4.99 Å². The lowest BCUT2D eigenvalue weighted by Crippen LogP contribution is -1.91. The molecule has 2 rings (SSSR count). The molecule has 0 amide bonds. The number of hydrogen-bond acceptors (Lipinski definition) is 2. The third-order valence-electron chi connectivity index (χ3n) is 1.99. The van der Waals surface area contributed by atoms with E-state index in [9.17, 15) is 4.79 Å². The Morgan fingerprint density at radius 2 is 2.15 bits per heavy atom. The van der Waals surface area contributed by atoms with Crippen molar-refractivity contribution in [3.05, 3.63) is 42.0 Å². The number of carbonyl (C=O) groups is 1. The van der Waals surface area contributed by atoms with Crippen LogP contribution in [0.4, 0.5) is 5.69 Å². The summed E-state index contributed by atoms with van der Waals surface area (Å²) in [7, 11) is 0. The summed E-state index contributed by atoms with van der Waals surface area (Å²) in [6, 6.07) is 7.85. The molecule has 2 heteroatoms. The van der Waals surface area contributed by atoms with E-state index in [-0.39, 0.29) is 0 Å². The van der Waals surface area contributed by atoms with E-state index in [1.165, 1.54) is 0 Å². The third kappa shape index (κ3) is 1.56. The Labute approximate surface area is 76.6 Å². The van der Waals surface area contributed by atoms with E-state index in [4.69, 9.17) is 0 Å². The van der Waals surface area contributed by atoms with E-state index in [0.29, 0.717) is 5.71 Å². The van der Waals surface area contributed by atoms with Crippen molar-refractivity contribution in [3.63, 3.8) is 0 Å². The van der Waals surface area contributed by atoms with Gasteiger partial charge in [-0.1, -0.05) is 24.3 Å². The fourth-order valence-electron chi connectivity index (χ4n) is 1.34. The molecule has 0 unspecified atom stereocenters. The van der Waals surface area contributed by atoms with Crippen LogP contribution in [0.5, 0.6) is 0 Å². The lowest BCUT2D eigenvalue weighted by atomic mass is 10.1. The number of aliphatic imine (C=N–C) groups is 1. The SMILES string of the molecule is O=CC1=Nc2ccccc2CC=C1. The Morgan fingerprint density at radius 1 is 1.31 bits per heavy atom. The molecule has 13 heavy (non-hydrogen) atoms. The number of rotatable bonds is 1. The van der Waals surface area contributed by atoms with Crippen LogP contribution in [0.25, 0.3) is 0 Å². The molecule has 1 aliphatic rings. The molecule has 0 N–H and O–H groups in total. The number of para-hydroxylation sites is 1. The first-order valence-electron chi connectivity index (χ1n) is 4.18. The lowest BCUT2D eigenvalue weighted by molar-refractivity contribution is -0.102. The Morgan fingerprint density at radius 3 is 3.00 bits per heavy atom. The van der Waals surface area contributed by atoms with Gasteiger partial charge >= 0.3 is 0 Å². The fourth-order valence-corrected chi connectivity index (χ4v) is 1.34. The van der Waals surface area contributed by atoms with Gasteiger partial charge in [0.25, 0.3) is 0 Å². The minimum absolute atomic E-state index is 0.491. The average molecular weight is 171 g/mol. The van der Waals surface area contributed by atoms with Gasteiger partial charge in [-0.05, 0) is 24.1 Å². The summed E-state index contributed by atoms with van der Waals surface area (Å²) >= 11 is 0. The molecule has 1 aromatic carbocycles. The zero-order valence-electron chi connectivity index (χ0n) is 7.10. The number of allylic oxidation sites excluding steroid dienone is 2. The molecule has 0 atom stereocenters. The highest BCUT2D eigenvalue weighted by Gasteiger charge is 2.03. The molecular formula is C11H9NO. The molecule has 1 aliphatic heterocycles. The molecule has 64 valence electrons. The Kier molecular flexibility index (Phi) is 2.04. The van der Waals surface area contributed by atoms with E-state index in [1.54, 1.807) is 6.08 Å². The molecule has 0 spiro atoms. The van der Waals surface area contributed by atoms with Crippen molar-refractivity contribution < 1.29 is 4.79 Å². The Hall–Kier alpha value is -1.70. The van der Waals surface area contributed by atoms with Gasteiger partial charge in [0, 0.05) is 0 Å². The van der Waals surface area contributed by atoms with Gasteiger partial charge in [-0.3, -0.25) is 4.79 Å². The largest absolute Gasteiger partial charge is 0.296 e. The lowest BCUT2D eigenvalue weighted by Gasteiger charge is -1.99. The standard InChI is InChI=1S/C11H9NO/c13-8-10-6-3-5-9-4-1-2-7-11(9)12-10/h1-4,6-8H,5H2. The van der Waals surface area contributed by atoms with Crippen LogP contribution in [0.2, 0.25) is 0 Å². The van der Waals surface area contributed by atoms with Crippen molar-refractivity contribution in [2.75, 3.05) is 0 Å². The molecule has 1 heterocycles. The first-order chi connectivity index (χ1) is 6.40. The zero-order valence-corrected chi connectivity index (χ0v) is 7.10. The number of nitrogens with zero attached hydrogens (tertiary/aromatic N) is 1. The maximum absolute atomic E-state index is 10.5. The van der Waals surface area contributed by atoms with Crippen LogP contribution in [-0.4, -0.2) is 12.0 Å². The van der Waals surface area contributed by atoms with Crippen LogP contribution >= 0.6 is 0 Å². The van der Waals surface area contributed by atoms with Gasteiger partial charge < -0.3 is 0 Å². The number of hydrogen-bond donors (Lipinski definition) is 0. The van der Waals surface area contributed by atoms with Gasteiger partial charge in [-0.2, -0.15) is 0 Å². The van der Waals surface area contributed by atoms with Crippen LogP contribution in [0.1, 0.15) is 5.56 Å². The molecule has 0 saturated carbocycles. The minimum atomic E-state index is 0.491. The summed E-state index contributed by atoms with van der Waals surface area (Å²) in [6.07, 6.45) is 5.34. The second-order valence-electron chi connectivity index (χ2n) is 2.89. The molecule has 2 nitrogen and oxygen atoms in total. The second-order valence-corrected chi connectivity index (χ2v) is 2.89. The van der Waals surface area contributed by atoms with Gasteiger partial charge in [0.15, 0.2) is 6.29 Å². The number of benzene rings is 1. The van der Waals surface area contributed by atoms with E-state index < -0.39 is 0 Å². The molecule has 0 saturated heterocycles. The fraction of sp³-hybridized carbons (Fsp3) is 0.0909. The van der Waals surface area contributed by atoms with Crippen molar-refractivity contribution in [1.29, 1.82) is 0 Å². The summed E-state index contributed by atoms with van der Waals surface area (Å²) in [4.78, 5) is 14.8. The molecular weight excluding hydrogens is 162 g/mol. The summed E-state index contributed by atoms with van der Waals surface area (Å²) in [6.45, 7) is 0. The smallest absolute Gasteiger partial charge is 0.168 e. The molecule has 0 fully saturated rings. The molecule has 0 aliphatic carbocycles.